The minimum atomic E-state index is -0.204. The summed E-state index contributed by atoms with van der Waals surface area (Å²) in [5.74, 6) is 1.19. The van der Waals surface area contributed by atoms with E-state index in [-0.39, 0.29) is 5.82 Å². The number of benzene rings is 1. The third-order valence-corrected chi connectivity index (χ3v) is 2.72. The lowest BCUT2D eigenvalue weighted by Gasteiger charge is -2.12. The van der Waals surface area contributed by atoms with E-state index in [1.807, 2.05) is 13.0 Å². The molecule has 0 amide bonds. The second-order valence-electron chi connectivity index (χ2n) is 4.90. The van der Waals surface area contributed by atoms with Gasteiger partial charge in [-0.25, -0.2) is 9.38 Å². The maximum atomic E-state index is 13.5. The van der Waals surface area contributed by atoms with Gasteiger partial charge in [0.25, 0.3) is 0 Å². The second kappa shape index (κ2) is 8.51. The maximum absolute atomic E-state index is 13.5. The number of nitrogens with zero attached hydrogens (tertiary/aromatic N) is 1. The first-order valence-electron chi connectivity index (χ1n) is 6.89. The first-order chi connectivity index (χ1) is 9.13. The van der Waals surface area contributed by atoms with Gasteiger partial charge < -0.3 is 10.6 Å². The molecule has 1 rings (SSSR count). The van der Waals surface area contributed by atoms with Crippen molar-refractivity contribution in [2.24, 2.45) is 10.9 Å². The summed E-state index contributed by atoms with van der Waals surface area (Å²) in [5, 5.41) is 6.42. The monoisotopic (exact) mass is 265 g/mol. The van der Waals surface area contributed by atoms with Crippen LogP contribution in [-0.4, -0.2) is 19.0 Å². The predicted molar refractivity (Wildman–Crippen MR) is 78.7 cm³/mol. The van der Waals surface area contributed by atoms with Crippen LogP contribution >= 0.6 is 0 Å². The Morgan fingerprint density at radius 2 is 2.00 bits per heavy atom. The number of halogens is 1. The van der Waals surface area contributed by atoms with Gasteiger partial charge in [0, 0.05) is 18.7 Å². The molecule has 0 aliphatic carbocycles. The standard InChI is InChI=1S/C15H24FN3/c1-4-17-15(18-10-9-12(2)3)19-11-13-7-5-6-8-14(13)16/h5-8,12H,4,9-11H2,1-3H3,(H2,17,18,19). The van der Waals surface area contributed by atoms with E-state index >= 15 is 0 Å². The molecule has 0 bridgehead atoms. The molecule has 0 radical (unpaired) electrons. The van der Waals surface area contributed by atoms with E-state index in [2.05, 4.69) is 29.5 Å². The van der Waals surface area contributed by atoms with Crippen molar-refractivity contribution in [3.8, 4) is 0 Å². The Morgan fingerprint density at radius 1 is 1.26 bits per heavy atom. The molecule has 0 aliphatic heterocycles. The topological polar surface area (TPSA) is 36.4 Å². The summed E-state index contributed by atoms with van der Waals surface area (Å²) >= 11 is 0. The van der Waals surface area contributed by atoms with Crippen LogP contribution in [-0.2, 0) is 6.54 Å². The van der Waals surface area contributed by atoms with Crippen LogP contribution in [0.25, 0.3) is 0 Å². The van der Waals surface area contributed by atoms with E-state index in [9.17, 15) is 4.39 Å². The molecular weight excluding hydrogens is 241 g/mol. The van der Waals surface area contributed by atoms with Crippen molar-refractivity contribution >= 4 is 5.96 Å². The average Bonchev–Trinajstić information content (AvgIpc) is 2.37. The van der Waals surface area contributed by atoms with E-state index in [0.717, 1.165) is 25.5 Å². The minimum absolute atomic E-state index is 0.204. The molecule has 0 atom stereocenters. The zero-order chi connectivity index (χ0) is 14.1. The molecule has 0 fully saturated rings. The molecule has 106 valence electrons. The van der Waals surface area contributed by atoms with E-state index in [1.54, 1.807) is 12.1 Å². The highest BCUT2D eigenvalue weighted by Gasteiger charge is 2.01. The molecule has 0 heterocycles. The lowest BCUT2D eigenvalue weighted by atomic mass is 10.1. The van der Waals surface area contributed by atoms with Crippen LogP contribution in [0.1, 0.15) is 32.8 Å². The highest BCUT2D eigenvalue weighted by molar-refractivity contribution is 5.79. The third-order valence-electron chi connectivity index (χ3n) is 2.72. The largest absolute Gasteiger partial charge is 0.357 e. The van der Waals surface area contributed by atoms with Gasteiger partial charge in [-0.05, 0) is 25.3 Å². The molecule has 3 nitrogen and oxygen atoms in total. The Bertz CT molecular complexity index is 402. The highest BCUT2D eigenvalue weighted by atomic mass is 19.1. The Labute approximate surface area is 115 Å². The molecule has 1 aromatic carbocycles. The summed E-state index contributed by atoms with van der Waals surface area (Å²) in [6, 6.07) is 6.74. The molecule has 0 saturated carbocycles. The summed E-state index contributed by atoms with van der Waals surface area (Å²) in [5.41, 5.74) is 0.614. The van der Waals surface area contributed by atoms with Crippen molar-refractivity contribution in [2.75, 3.05) is 13.1 Å². The van der Waals surface area contributed by atoms with Gasteiger partial charge in [0.05, 0.1) is 6.54 Å². The number of aliphatic imine (C=N–C) groups is 1. The smallest absolute Gasteiger partial charge is 0.191 e. The van der Waals surface area contributed by atoms with Crippen LogP contribution in [0.4, 0.5) is 4.39 Å². The van der Waals surface area contributed by atoms with Gasteiger partial charge in [-0.2, -0.15) is 0 Å². The SMILES string of the molecule is CCNC(=NCc1ccccc1F)NCCC(C)C. The maximum Gasteiger partial charge on any atom is 0.191 e. The summed E-state index contributed by atoms with van der Waals surface area (Å²) < 4.78 is 13.5. The molecule has 0 spiro atoms. The zero-order valence-electron chi connectivity index (χ0n) is 12.0. The summed E-state index contributed by atoms with van der Waals surface area (Å²) in [6.07, 6.45) is 1.09. The van der Waals surface area contributed by atoms with Gasteiger partial charge in [-0.1, -0.05) is 32.0 Å². The molecule has 0 aromatic heterocycles. The number of hydrogen-bond acceptors (Lipinski definition) is 1. The molecule has 4 heteroatoms. The van der Waals surface area contributed by atoms with Crippen molar-refractivity contribution < 1.29 is 4.39 Å². The fourth-order valence-electron chi connectivity index (χ4n) is 1.61. The van der Waals surface area contributed by atoms with Crippen LogP contribution in [0.2, 0.25) is 0 Å². The minimum Gasteiger partial charge on any atom is -0.357 e. The lowest BCUT2D eigenvalue weighted by Crippen LogP contribution is -2.38. The van der Waals surface area contributed by atoms with Gasteiger partial charge in [0.1, 0.15) is 5.82 Å². The number of rotatable bonds is 6. The molecular formula is C15H24FN3. The van der Waals surface area contributed by atoms with Crippen LogP contribution in [0, 0.1) is 11.7 Å². The van der Waals surface area contributed by atoms with Crippen molar-refractivity contribution in [3.05, 3.63) is 35.6 Å². The van der Waals surface area contributed by atoms with E-state index in [0.29, 0.717) is 18.0 Å². The molecule has 19 heavy (non-hydrogen) atoms. The van der Waals surface area contributed by atoms with Crippen LogP contribution in [0.15, 0.2) is 29.3 Å². The van der Waals surface area contributed by atoms with Crippen molar-refractivity contribution in [1.82, 2.24) is 10.6 Å². The van der Waals surface area contributed by atoms with E-state index in [4.69, 9.17) is 0 Å². The molecule has 2 N–H and O–H groups in total. The normalized spacial score (nSPS) is 11.7. The quantitative estimate of drug-likeness (QED) is 0.613. The average molecular weight is 265 g/mol. The predicted octanol–water partition coefficient (Wildman–Crippen LogP) is 2.93. The van der Waals surface area contributed by atoms with Crippen molar-refractivity contribution in [1.29, 1.82) is 0 Å². The first-order valence-corrected chi connectivity index (χ1v) is 6.89. The Balaban J connectivity index is 2.55. The Hall–Kier alpha value is -1.58. The molecule has 1 aromatic rings. The van der Waals surface area contributed by atoms with Crippen LogP contribution in [0.5, 0.6) is 0 Å². The zero-order valence-corrected chi connectivity index (χ0v) is 12.0. The van der Waals surface area contributed by atoms with Crippen molar-refractivity contribution in [3.63, 3.8) is 0 Å². The number of nitrogens with one attached hydrogen (secondary N) is 2. The lowest BCUT2D eigenvalue weighted by molar-refractivity contribution is 0.573. The molecule has 0 unspecified atom stereocenters. The summed E-state index contributed by atoms with van der Waals surface area (Å²) in [7, 11) is 0. The van der Waals surface area contributed by atoms with Gasteiger partial charge in [0.2, 0.25) is 0 Å². The summed E-state index contributed by atoms with van der Waals surface area (Å²) in [6.45, 7) is 8.41. The van der Waals surface area contributed by atoms with Gasteiger partial charge in [-0.15, -0.1) is 0 Å². The van der Waals surface area contributed by atoms with Gasteiger partial charge >= 0.3 is 0 Å². The molecule has 0 aliphatic rings. The fourth-order valence-corrected chi connectivity index (χ4v) is 1.61. The first kappa shape index (κ1) is 15.5. The highest BCUT2D eigenvalue weighted by Crippen LogP contribution is 2.07. The molecule has 0 saturated heterocycles. The van der Waals surface area contributed by atoms with Crippen LogP contribution < -0.4 is 10.6 Å². The number of guanidine groups is 1. The number of hydrogen-bond donors (Lipinski definition) is 2. The van der Waals surface area contributed by atoms with E-state index < -0.39 is 0 Å². The third kappa shape index (κ3) is 6.22. The van der Waals surface area contributed by atoms with Crippen LogP contribution in [0.3, 0.4) is 0 Å². The van der Waals surface area contributed by atoms with Crippen molar-refractivity contribution in [2.45, 2.75) is 33.7 Å². The van der Waals surface area contributed by atoms with Gasteiger partial charge in [0.15, 0.2) is 5.96 Å². The van der Waals surface area contributed by atoms with Gasteiger partial charge in [-0.3, -0.25) is 0 Å². The summed E-state index contributed by atoms with van der Waals surface area (Å²) in [4.78, 5) is 4.40. The second-order valence-corrected chi connectivity index (χ2v) is 4.90. The van der Waals surface area contributed by atoms with E-state index in [1.165, 1.54) is 6.07 Å². The fraction of sp³-hybridized carbons (Fsp3) is 0.533. The Kier molecular flexibility index (Phi) is 6.93. The Morgan fingerprint density at radius 3 is 2.63 bits per heavy atom.